The summed E-state index contributed by atoms with van der Waals surface area (Å²) in [5.41, 5.74) is 2.89. The van der Waals surface area contributed by atoms with Crippen LogP contribution in [0.4, 0.5) is 0 Å². The zero-order chi connectivity index (χ0) is 22.3. The third-order valence-corrected chi connectivity index (χ3v) is 5.92. The quantitative estimate of drug-likeness (QED) is 0.430. The number of nitrogens with one attached hydrogen (secondary N) is 1. The monoisotopic (exact) mass is 425 g/mol. The lowest BCUT2D eigenvalue weighted by molar-refractivity contribution is -0.145. The van der Waals surface area contributed by atoms with Crippen molar-refractivity contribution < 1.29 is 14.3 Å². The minimum absolute atomic E-state index is 0.0177. The van der Waals surface area contributed by atoms with Gasteiger partial charge in [-0.15, -0.1) is 0 Å². The van der Waals surface area contributed by atoms with Gasteiger partial charge < -0.3 is 4.74 Å². The molecule has 4 atom stereocenters. The van der Waals surface area contributed by atoms with E-state index in [-0.39, 0.29) is 23.7 Å². The van der Waals surface area contributed by atoms with Crippen molar-refractivity contribution in [2.75, 3.05) is 6.61 Å². The number of carbonyl (C=O) groups excluding carboxylic acids is 2. The van der Waals surface area contributed by atoms with E-state index in [2.05, 4.69) is 5.32 Å². The molecule has 0 aromatic heterocycles. The Labute approximate surface area is 188 Å². The number of allylic oxidation sites excluding steroid dienone is 1. The number of esters is 1. The van der Waals surface area contributed by atoms with Crippen LogP contribution in [0.2, 0.25) is 0 Å². The lowest BCUT2D eigenvalue weighted by Gasteiger charge is -2.24. The summed E-state index contributed by atoms with van der Waals surface area (Å²) in [5, 5.41) is 3.44. The topological polar surface area (TPSA) is 55.4 Å². The second-order valence-corrected chi connectivity index (χ2v) is 7.89. The summed E-state index contributed by atoms with van der Waals surface area (Å²) in [6.45, 7) is 2.09. The molecule has 4 rings (SSSR count). The van der Waals surface area contributed by atoms with Crippen molar-refractivity contribution in [3.8, 4) is 0 Å². The minimum Gasteiger partial charge on any atom is -0.465 e. The molecule has 1 heterocycles. The highest BCUT2D eigenvalue weighted by Gasteiger charge is 2.50. The van der Waals surface area contributed by atoms with Gasteiger partial charge >= 0.3 is 5.97 Å². The Morgan fingerprint density at radius 3 is 2.00 bits per heavy atom. The van der Waals surface area contributed by atoms with Crippen LogP contribution in [0.25, 0.3) is 6.08 Å². The van der Waals surface area contributed by atoms with E-state index in [0.29, 0.717) is 6.61 Å². The van der Waals surface area contributed by atoms with Crippen LogP contribution in [0.3, 0.4) is 0 Å². The molecule has 0 bridgehead atoms. The van der Waals surface area contributed by atoms with E-state index in [1.165, 1.54) is 0 Å². The largest absolute Gasteiger partial charge is 0.465 e. The molecule has 1 aliphatic rings. The third-order valence-electron chi connectivity index (χ3n) is 5.92. The molecule has 1 N–H and O–H groups in total. The summed E-state index contributed by atoms with van der Waals surface area (Å²) < 4.78 is 5.39. The number of rotatable bonds is 7. The van der Waals surface area contributed by atoms with Crippen LogP contribution in [0.15, 0.2) is 97.1 Å². The average molecular weight is 426 g/mol. The van der Waals surface area contributed by atoms with Crippen molar-refractivity contribution in [2.24, 2.45) is 5.92 Å². The first-order chi connectivity index (χ1) is 15.7. The van der Waals surface area contributed by atoms with E-state index in [4.69, 9.17) is 4.74 Å². The second-order valence-electron chi connectivity index (χ2n) is 7.89. The molecule has 1 saturated heterocycles. The van der Waals surface area contributed by atoms with Gasteiger partial charge in [0, 0.05) is 12.0 Å². The summed E-state index contributed by atoms with van der Waals surface area (Å²) in [7, 11) is 0. The van der Waals surface area contributed by atoms with E-state index in [9.17, 15) is 9.59 Å². The highest BCUT2D eigenvalue weighted by molar-refractivity contribution is 5.98. The molecule has 0 saturated carbocycles. The fraction of sp³-hybridized carbons (Fsp3) is 0.214. The van der Waals surface area contributed by atoms with Crippen LogP contribution < -0.4 is 5.32 Å². The minimum atomic E-state index is -0.610. The Balaban J connectivity index is 1.76. The van der Waals surface area contributed by atoms with Gasteiger partial charge in [0.05, 0.1) is 12.5 Å². The van der Waals surface area contributed by atoms with Gasteiger partial charge in [0.1, 0.15) is 6.04 Å². The van der Waals surface area contributed by atoms with E-state index in [0.717, 1.165) is 16.7 Å². The SMILES string of the molecule is CCOC(=O)[C@H]1N[C@@H](c2ccccc2)[C@@H](C(=O)/C=C/c2ccccc2)[C@@H]1c1ccccc1. The molecule has 0 radical (unpaired) electrons. The van der Waals surface area contributed by atoms with Crippen molar-refractivity contribution in [2.45, 2.75) is 24.9 Å². The molecule has 4 nitrogen and oxygen atoms in total. The summed E-state index contributed by atoms with van der Waals surface area (Å²) in [6.07, 6.45) is 3.48. The van der Waals surface area contributed by atoms with Crippen LogP contribution in [-0.2, 0) is 14.3 Å². The Morgan fingerprint density at radius 2 is 1.41 bits per heavy atom. The maximum Gasteiger partial charge on any atom is 0.323 e. The van der Waals surface area contributed by atoms with Gasteiger partial charge in [-0.3, -0.25) is 14.9 Å². The van der Waals surface area contributed by atoms with E-state index >= 15 is 0 Å². The zero-order valence-electron chi connectivity index (χ0n) is 18.1. The first-order valence-corrected chi connectivity index (χ1v) is 11.0. The summed E-state index contributed by atoms with van der Waals surface area (Å²) >= 11 is 0. The Kier molecular flexibility index (Phi) is 6.93. The normalized spacial score (nSPS) is 22.7. The third kappa shape index (κ3) is 4.71. The molecule has 1 aliphatic heterocycles. The summed E-state index contributed by atoms with van der Waals surface area (Å²) in [6, 6.07) is 28.5. The van der Waals surface area contributed by atoms with Crippen LogP contribution >= 0.6 is 0 Å². The summed E-state index contributed by atoms with van der Waals surface area (Å²) in [5.74, 6) is -1.14. The van der Waals surface area contributed by atoms with Crippen molar-refractivity contribution in [3.05, 3.63) is 114 Å². The molecule has 1 fully saturated rings. The Hall–Kier alpha value is -3.50. The highest BCUT2D eigenvalue weighted by atomic mass is 16.5. The molecular formula is C28H27NO3. The number of carbonyl (C=O) groups is 2. The molecule has 3 aromatic rings. The predicted molar refractivity (Wildman–Crippen MR) is 126 cm³/mol. The van der Waals surface area contributed by atoms with E-state index < -0.39 is 12.0 Å². The van der Waals surface area contributed by atoms with Gasteiger partial charge in [-0.05, 0) is 29.7 Å². The van der Waals surface area contributed by atoms with Crippen molar-refractivity contribution >= 4 is 17.8 Å². The lowest BCUT2D eigenvalue weighted by Crippen LogP contribution is -2.37. The molecular weight excluding hydrogens is 398 g/mol. The molecule has 0 amide bonds. The molecule has 0 unspecified atom stereocenters. The van der Waals surface area contributed by atoms with E-state index in [1.54, 1.807) is 13.0 Å². The standard InChI is InChI=1S/C28H27NO3/c1-2-32-28(31)27-24(21-14-8-4-9-15-21)25(26(29-27)22-16-10-5-11-17-22)23(30)19-18-20-12-6-3-7-13-20/h3-19,24-27,29H,2H2,1H3/b19-18+/t24-,25-,26-,27-/m0/s1. The fourth-order valence-electron chi connectivity index (χ4n) is 4.50. The maximum atomic E-state index is 13.6. The molecule has 3 aromatic carbocycles. The maximum absolute atomic E-state index is 13.6. The Morgan fingerprint density at radius 1 is 0.844 bits per heavy atom. The highest BCUT2D eigenvalue weighted by Crippen LogP contribution is 2.44. The first kappa shape index (κ1) is 21.7. The number of benzene rings is 3. The van der Waals surface area contributed by atoms with E-state index in [1.807, 2.05) is 97.1 Å². The molecule has 162 valence electrons. The Bertz CT molecular complexity index is 1060. The second kappa shape index (κ2) is 10.2. The van der Waals surface area contributed by atoms with Crippen LogP contribution in [-0.4, -0.2) is 24.4 Å². The zero-order valence-corrected chi connectivity index (χ0v) is 18.1. The first-order valence-electron chi connectivity index (χ1n) is 11.0. The fourth-order valence-corrected chi connectivity index (χ4v) is 4.50. The van der Waals surface area contributed by atoms with Gasteiger partial charge in [0.25, 0.3) is 0 Å². The van der Waals surface area contributed by atoms with Crippen LogP contribution in [0.5, 0.6) is 0 Å². The number of hydrogen-bond donors (Lipinski definition) is 1. The number of hydrogen-bond acceptors (Lipinski definition) is 4. The smallest absolute Gasteiger partial charge is 0.323 e. The number of ketones is 1. The van der Waals surface area contributed by atoms with Gasteiger partial charge in [0.2, 0.25) is 0 Å². The average Bonchev–Trinajstić information content (AvgIpc) is 3.25. The molecule has 0 aliphatic carbocycles. The predicted octanol–water partition coefficient (Wildman–Crippen LogP) is 4.95. The lowest BCUT2D eigenvalue weighted by atomic mass is 9.77. The van der Waals surface area contributed by atoms with Crippen LogP contribution in [0.1, 0.15) is 35.6 Å². The summed E-state index contributed by atoms with van der Waals surface area (Å²) in [4.78, 5) is 26.6. The van der Waals surface area contributed by atoms with Gasteiger partial charge in [-0.25, -0.2) is 0 Å². The van der Waals surface area contributed by atoms with Crippen molar-refractivity contribution in [3.63, 3.8) is 0 Å². The molecule has 32 heavy (non-hydrogen) atoms. The van der Waals surface area contributed by atoms with Gasteiger partial charge in [-0.1, -0.05) is 97.1 Å². The van der Waals surface area contributed by atoms with Crippen molar-refractivity contribution in [1.82, 2.24) is 5.32 Å². The van der Waals surface area contributed by atoms with Crippen molar-refractivity contribution in [1.29, 1.82) is 0 Å². The molecule has 0 spiro atoms. The van der Waals surface area contributed by atoms with Gasteiger partial charge in [0.15, 0.2) is 5.78 Å². The molecule has 4 heteroatoms. The number of ether oxygens (including phenoxy) is 1. The van der Waals surface area contributed by atoms with Crippen LogP contribution in [0, 0.1) is 5.92 Å². The van der Waals surface area contributed by atoms with Gasteiger partial charge in [-0.2, -0.15) is 0 Å².